The first-order valence-electron chi connectivity index (χ1n) is 12.3. The minimum Gasteiger partial charge on any atom is -0.462 e. The summed E-state index contributed by atoms with van der Waals surface area (Å²) in [5.41, 5.74) is 10.4. The molecule has 39 heavy (non-hydrogen) atoms. The van der Waals surface area contributed by atoms with Gasteiger partial charge in [0.2, 0.25) is 0 Å². The van der Waals surface area contributed by atoms with Crippen LogP contribution in [0.4, 0.5) is 11.4 Å². The Labute approximate surface area is 242 Å². The Bertz CT molecular complexity index is 1380. The number of esters is 1. The molecule has 3 N–H and O–H groups in total. The quantitative estimate of drug-likeness (QED) is 0.209. The van der Waals surface area contributed by atoms with Crippen LogP contribution in [-0.2, 0) is 11.3 Å². The van der Waals surface area contributed by atoms with Crippen LogP contribution in [0.2, 0.25) is 0 Å². The zero-order valence-electron chi connectivity index (χ0n) is 23.0. The first kappa shape index (κ1) is 31.6. The number of anilines is 2. The molecule has 0 aliphatic carbocycles. The molecule has 0 bridgehead atoms. The van der Waals surface area contributed by atoms with Crippen molar-refractivity contribution in [1.29, 1.82) is 0 Å². The molecule has 0 fully saturated rings. The van der Waals surface area contributed by atoms with Crippen LogP contribution in [-0.4, -0.2) is 41.5 Å². The minimum atomic E-state index is -0.526. The molecule has 0 aliphatic rings. The Morgan fingerprint density at radius 3 is 2.41 bits per heavy atom. The van der Waals surface area contributed by atoms with Gasteiger partial charge in [-0.1, -0.05) is 6.92 Å². The molecule has 8 nitrogen and oxygen atoms in total. The molecule has 0 spiro atoms. The zero-order valence-corrected chi connectivity index (χ0v) is 23.0. The van der Waals surface area contributed by atoms with Gasteiger partial charge in [-0.3, -0.25) is 9.78 Å². The van der Waals surface area contributed by atoms with E-state index in [0.29, 0.717) is 41.9 Å². The maximum absolute atomic E-state index is 12.8. The van der Waals surface area contributed by atoms with Crippen molar-refractivity contribution in [3.63, 3.8) is 0 Å². The number of carbonyl (C=O) groups excluding carboxylic acids is 2. The van der Waals surface area contributed by atoms with Gasteiger partial charge in [-0.15, -0.1) is 13.1 Å². The van der Waals surface area contributed by atoms with E-state index in [1.807, 2.05) is 29.2 Å². The molecule has 4 rings (SSSR count). The molecule has 0 aliphatic heterocycles. The average Bonchev–Trinajstić information content (AvgIpc) is 3.37. The Morgan fingerprint density at radius 2 is 1.82 bits per heavy atom. The average molecular weight is 521 g/mol. The summed E-state index contributed by atoms with van der Waals surface area (Å²) in [6.45, 7) is 15.1. The number of nitrogen functional groups attached to an aromatic ring is 1. The Balaban J connectivity index is 0.000000579. The van der Waals surface area contributed by atoms with E-state index in [1.54, 1.807) is 38.1 Å². The van der Waals surface area contributed by atoms with Crippen LogP contribution in [0, 0.1) is 33.8 Å². The number of benzene rings is 2. The number of aryl methyl sites for hydroxylation is 2. The van der Waals surface area contributed by atoms with Gasteiger partial charge in [0.1, 0.15) is 5.56 Å². The summed E-state index contributed by atoms with van der Waals surface area (Å²) in [4.78, 5) is 31.5. The number of nitrogens with two attached hydrogens (primary N) is 1. The monoisotopic (exact) mass is 520 g/mol. The van der Waals surface area contributed by atoms with Crippen molar-refractivity contribution in [3.05, 3.63) is 103 Å². The minimum absolute atomic E-state index is 0. The summed E-state index contributed by atoms with van der Waals surface area (Å²) in [6.07, 6.45) is 1.48. The molecule has 4 aromatic rings. The Kier molecular flexibility index (Phi) is 12.3. The van der Waals surface area contributed by atoms with E-state index in [9.17, 15) is 9.59 Å². The van der Waals surface area contributed by atoms with E-state index in [2.05, 4.69) is 37.1 Å². The number of hydrogen-bond donors (Lipinski definition) is 2. The normalized spacial score (nSPS) is 10.4. The van der Waals surface area contributed by atoms with Gasteiger partial charge in [0.25, 0.3) is 5.91 Å². The van der Waals surface area contributed by atoms with Gasteiger partial charge in [-0.25, -0.2) is 4.79 Å². The van der Waals surface area contributed by atoms with E-state index in [1.165, 1.54) is 11.8 Å². The van der Waals surface area contributed by atoms with Gasteiger partial charge < -0.3 is 39.0 Å². The van der Waals surface area contributed by atoms with Gasteiger partial charge in [0.05, 0.1) is 29.8 Å². The number of carbonyl (C=O) groups is 2. The second-order valence-electron chi connectivity index (χ2n) is 8.52. The van der Waals surface area contributed by atoms with E-state index >= 15 is 0 Å². The predicted octanol–water partition coefficient (Wildman–Crippen LogP) is 2.42. The standard InChI is InChI=1S/C23H26N4O4.C7H7.Li/c1-5-27(6-2)13-15-10-11-31-21(15)22(28)26-16-8-9-18-17(12-16)20(24)19(14(4)25-18)23(29)30-7-3;1-7-5-3-2-4-6-7;/h8-12H,1-2,5-7,13H2,3-4H3,(H2,24,25)(H,26,28);3-6H,1H3;/q-2;-1;+1. The molecule has 0 saturated carbocycles. The van der Waals surface area contributed by atoms with Crippen LogP contribution in [0.1, 0.15) is 44.7 Å². The van der Waals surface area contributed by atoms with Gasteiger partial charge in [0.15, 0.2) is 5.76 Å². The topological polar surface area (TPSA) is 111 Å². The van der Waals surface area contributed by atoms with E-state index < -0.39 is 11.9 Å². The molecular weight excluding hydrogens is 487 g/mol. The van der Waals surface area contributed by atoms with Crippen LogP contribution in [0.25, 0.3) is 10.9 Å². The van der Waals surface area contributed by atoms with Crippen LogP contribution in [0.5, 0.6) is 0 Å². The van der Waals surface area contributed by atoms with Crippen molar-refractivity contribution in [2.24, 2.45) is 0 Å². The molecular formula is C30H33LiN4O4-2. The van der Waals surface area contributed by atoms with Crippen LogP contribution >= 0.6 is 0 Å². The number of hydrogen-bond acceptors (Lipinski definition) is 7. The summed E-state index contributed by atoms with van der Waals surface area (Å²) in [5, 5.41) is 3.37. The summed E-state index contributed by atoms with van der Waals surface area (Å²) < 4.78 is 10.5. The van der Waals surface area contributed by atoms with Crippen LogP contribution in [0.3, 0.4) is 0 Å². The number of nitrogens with zero attached hydrogens (tertiary/aromatic N) is 2. The zero-order chi connectivity index (χ0) is 27.7. The van der Waals surface area contributed by atoms with Gasteiger partial charge in [-0.2, -0.15) is 35.9 Å². The van der Waals surface area contributed by atoms with E-state index in [-0.39, 0.29) is 42.5 Å². The molecule has 2 aromatic heterocycles. The van der Waals surface area contributed by atoms with Crippen molar-refractivity contribution >= 4 is 34.2 Å². The molecule has 2 heterocycles. The van der Waals surface area contributed by atoms with Crippen molar-refractivity contribution in [1.82, 2.24) is 9.88 Å². The number of ether oxygens (including phenoxy) is 1. The second kappa shape index (κ2) is 15.1. The first-order chi connectivity index (χ1) is 18.3. The number of aromatic nitrogens is 1. The number of amides is 1. The SMILES string of the molecule is Cc1cc[c-]cc1.[CH2-]CN(C[CH2-])Cc1ccoc1C(=O)Nc1ccc2nc(C)c(C(=O)OCC)c(N)c2c1.[Li+]. The fourth-order valence-electron chi connectivity index (χ4n) is 3.78. The second-order valence-corrected chi connectivity index (χ2v) is 8.52. The number of pyridine rings is 1. The van der Waals surface area contributed by atoms with E-state index in [4.69, 9.17) is 14.9 Å². The van der Waals surface area contributed by atoms with Gasteiger partial charge >= 0.3 is 24.8 Å². The fraction of sp³-hybridized carbons (Fsp3) is 0.233. The molecule has 200 valence electrons. The molecule has 2 aromatic carbocycles. The summed E-state index contributed by atoms with van der Waals surface area (Å²) >= 11 is 0. The molecule has 0 atom stereocenters. The maximum atomic E-state index is 12.8. The maximum Gasteiger partial charge on any atom is 1.00 e. The number of furan rings is 1. The van der Waals surface area contributed by atoms with Crippen LogP contribution < -0.4 is 29.9 Å². The fourth-order valence-corrected chi connectivity index (χ4v) is 3.78. The largest absolute Gasteiger partial charge is 1.00 e. The molecule has 0 saturated heterocycles. The van der Waals surface area contributed by atoms with Crippen molar-refractivity contribution in [2.45, 2.75) is 27.3 Å². The first-order valence-corrected chi connectivity index (χ1v) is 12.3. The van der Waals surface area contributed by atoms with Crippen molar-refractivity contribution in [3.8, 4) is 0 Å². The van der Waals surface area contributed by atoms with E-state index in [0.717, 1.165) is 5.56 Å². The van der Waals surface area contributed by atoms with Gasteiger partial charge in [-0.05, 0) is 38.1 Å². The number of rotatable bonds is 8. The summed E-state index contributed by atoms with van der Waals surface area (Å²) in [6, 6.07) is 17.7. The third-order valence-electron chi connectivity index (χ3n) is 5.81. The third-order valence-corrected chi connectivity index (χ3v) is 5.81. The number of fused-ring (bicyclic) bond motifs is 1. The smallest absolute Gasteiger partial charge is 0.462 e. The molecule has 0 unspecified atom stereocenters. The summed E-state index contributed by atoms with van der Waals surface area (Å²) in [7, 11) is 0. The Morgan fingerprint density at radius 1 is 1.13 bits per heavy atom. The molecule has 1 amide bonds. The molecule has 0 radical (unpaired) electrons. The van der Waals surface area contributed by atoms with Gasteiger partial charge in [0, 0.05) is 23.2 Å². The molecule has 9 heteroatoms. The summed E-state index contributed by atoms with van der Waals surface area (Å²) in [5.74, 6) is -0.701. The van der Waals surface area contributed by atoms with Crippen molar-refractivity contribution < 1.29 is 37.6 Å². The Hall–Kier alpha value is -3.57. The predicted molar refractivity (Wildman–Crippen MR) is 150 cm³/mol. The van der Waals surface area contributed by atoms with Crippen molar-refractivity contribution in [2.75, 3.05) is 30.7 Å². The van der Waals surface area contributed by atoms with Crippen LogP contribution in [0.15, 0.2) is 59.2 Å². The third kappa shape index (κ3) is 8.20. The number of nitrogens with one attached hydrogen (secondary N) is 1.